The Labute approximate surface area is 165 Å². The minimum Gasteiger partial charge on any atom is -0.356 e. The molecule has 1 saturated heterocycles. The number of halogens is 3. The van der Waals surface area contributed by atoms with Crippen LogP contribution in [0.25, 0.3) is 0 Å². The molecular formula is C17H22F3N5S2. The molecule has 0 N–H and O–H groups in total. The number of fused-ring (bicyclic) bond motifs is 1. The van der Waals surface area contributed by atoms with Gasteiger partial charge in [-0.1, -0.05) is 17.8 Å². The van der Waals surface area contributed by atoms with Gasteiger partial charge in [0.15, 0.2) is 5.17 Å². The predicted molar refractivity (Wildman–Crippen MR) is 107 cm³/mol. The van der Waals surface area contributed by atoms with E-state index in [1.54, 1.807) is 6.08 Å². The number of alkyl halides is 3. The van der Waals surface area contributed by atoms with Crippen molar-refractivity contribution in [2.45, 2.75) is 36.6 Å². The predicted octanol–water partition coefficient (Wildman–Crippen LogP) is 3.45. The first kappa shape index (κ1) is 19.2. The Morgan fingerprint density at radius 3 is 2.52 bits per heavy atom. The highest BCUT2D eigenvalue weighted by atomic mass is 32.2. The Hall–Kier alpha value is -1.16. The summed E-state index contributed by atoms with van der Waals surface area (Å²) in [6.07, 6.45) is -1.86. The molecule has 4 rings (SSSR count). The molecule has 148 valence electrons. The second-order valence-electron chi connectivity index (χ2n) is 7.65. The van der Waals surface area contributed by atoms with E-state index in [9.17, 15) is 13.2 Å². The van der Waals surface area contributed by atoms with Crippen molar-refractivity contribution in [3.05, 3.63) is 11.0 Å². The molecule has 4 aliphatic rings. The van der Waals surface area contributed by atoms with Crippen molar-refractivity contribution in [2.75, 3.05) is 32.7 Å². The van der Waals surface area contributed by atoms with E-state index in [-0.39, 0.29) is 16.0 Å². The van der Waals surface area contributed by atoms with Crippen LogP contribution in [0.2, 0.25) is 0 Å². The molecule has 4 heterocycles. The summed E-state index contributed by atoms with van der Waals surface area (Å²) in [5.41, 5.74) is 0. The van der Waals surface area contributed by atoms with Gasteiger partial charge in [-0.3, -0.25) is 9.98 Å². The zero-order valence-corrected chi connectivity index (χ0v) is 16.9. The molecule has 0 spiro atoms. The van der Waals surface area contributed by atoms with Crippen molar-refractivity contribution in [1.29, 1.82) is 0 Å². The van der Waals surface area contributed by atoms with E-state index in [0.717, 1.165) is 43.7 Å². The number of nitrogens with zero attached hydrogens (tertiary/aromatic N) is 5. The van der Waals surface area contributed by atoms with E-state index in [1.807, 2.05) is 11.8 Å². The van der Waals surface area contributed by atoms with Gasteiger partial charge >= 0.3 is 6.18 Å². The fourth-order valence-corrected chi connectivity index (χ4v) is 5.88. The Bertz CT molecular complexity index is 721. The second kappa shape index (κ2) is 7.02. The van der Waals surface area contributed by atoms with Gasteiger partial charge in [-0.15, -0.1) is 11.8 Å². The highest BCUT2D eigenvalue weighted by Crippen LogP contribution is 2.44. The Kier molecular flexibility index (Phi) is 4.99. The van der Waals surface area contributed by atoms with Crippen LogP contribution in [-0.2, 0) is 0 Å². The average Bonchev–Trinajstić information content (AvgIpc) is 3.15. The molecule has 27 heavy (non-hydrogen) atoms. The maximum atomic E-state index is 12.7. The number of allylic oxidation sites excluding steroid dienone is 1. The summed E-state index contributed by atoms with van der Waals surface area (Å²) in [6.45, 7) is 8.52. The van der Waals surface area contributed by atoms with Gasteiger partial charge in [-0.25, -0.2) is 4.99 Å². The van der Waals surface area contributed by atoms with Gasteiger partial charge in [0.2, 0.25) is 0 Å². The van der Waals surface area contributed by atoms with Gasteiger partial charge in [0.1, 0.15) is 17.5 Å². The summed E-state index contributed by atoms with van der Waals surface area (Å²) in [6, 6.07) is 0. The molecule has 0 radical (unpaired) electrons. The summed E-state index contributed by atoms with van der Waals surface area (Å²) >= 11 is 3.03. The van der Waals surface area contributed by atoms with Gasteiger partial charge in [-0.2, -0.15) is 13.2 Å². The van der Waals surface area contributed by atoms with E-state index < -0.39 is 12.6 Å². The van der Waals surface area contributed by atoms with Gasteiger partial charge in [0, 0.05) is 30.9 Å². The minimum atomic E-state index is -4.19. The Balaban J connectivity index is 1.39. The SMILES string of the molecule is CC1(C)CN=C(N2CCN(C3=NC=NC4SC(CC(F)(F)F)=CC34)CC2)S1. The number of aliphatic imine (C=N–C) groups is 3. The summed E-state index contributed by atoms with van der Waals surface area (Å²) in [5.74, 6) is 0.682. The largest absolute Gasteiger partial charge is 0.393 e. The van der Waals surface area contributed by atoms with Gasteiger partial charge in [-0.05, 0) is 18.8 Å². The highest BCUT2D eigenvalue weighted by molar-refractivity contribution is 8.15. The molecule has 0 saturated carbocycles. The van der Waals surface area contributed by atoms with Crippen LogP contribution in [0.4, 0.5) is 13.2 Å². The molecule has 10 heteroatoms. The van der Waals surface area contributed by atoms with Crippen molar-refractivity contribution in [3.8, 4) is 0 Å². The third kappa shape index (κ3) is 4.31. The molecule has 0 aromatic rings. The molecule has 2 unspecified atom stereocenters. The lowest BCUT2D eigenvalue weighted by Gasteiger charge is -2.39. The standard InChI is InChI=1S/C17H22F3N5S2/c1-16(2)9-21-15(27-16)25-5-3-24(4-6-25)13-12-7-11(8-17(18,19)20)26-14(12)23-10-22-13/h7,10,12,14H,3-6,8-9H2,1-2H3. The lowest BCUT2D eigenvalue weighted by atomic mass is 10.0. The maximum absolute atomic E-state index is 12.7. The molecule has 0 aliphatic carbocycles. The average molecular weight is 418 g/mol. The molecule has 1 fully saturated rings. The Morgan fingerprint density at radius 2 is 1.89 bits per heavy atom. The lowest BCUT2D eigenvalue weighted by Crippen LogP contribution is -2.52. The van der Waals surface area contributed by atoms with E-state index >= 15 is 0 Å². The van der Waals surface area contributed by atoms with E-state index in [2.05, 4.69) is 38.6 Å². The third-order valence-electron chi connectivity index (χ3n) is 4.86. The van der Waals surface area contributed by atoms with Crippen molar-refractivity contribution in [3.63, 3.8) is 0 Å². The maximum Gasteiger partial charge on any atom is 0.393 e. The van der Waals surface area contributed by atoms with Crippen LogP contribution >= 0.6 is 23.5 Å². The summed E-state index contributed by atoms with van der Waals surface area (Å²) in [5, 5.41) is 0.886. The summed E-state index contributed by atoms with van der Waals surface area (Å²) in [4.78, 5) is 18.2. The van der Waals surface area contributed by atoms with Crippen LogP contribution in [0.3, 0.4) is 0 Å². The van der Waals surface area contributed by atoms with E-state index in [4.69, 9.17) is 0 Å². The Morgan fingerprint density at radius 1 is 1.19 bits per heavy atom. The van der Waals surface area contributed by atoms with Gasteiger partial charge in [0.25, 0.3) is 0 Å². The molecule has 5 nitrogen and oxygen atoms in total. The molecule has 0 aromatic heterocycles. The number of amidine groups is 2. The van der Waals surface area contributed by atoms with Crippen LogP contribution in [0.15, 0.2) is 26.0 Å². The number of rotatable bonds is 1. The summed E-state index contributed by atoms with van der Waals surface area (Å²) in [7, 11) is 0. The lowest BCUT2D eigenvalue weighted by molar-refractivity contribution is -0.125. The third-order valence-corrected chi connectivity index (χ3v) is 7.35. The second-order valence-corrected chi connectivity index (χ2v) is 10.6. The molecule has 2 atom stereocenters. The van der Waals surface area contributed by atoms with Gasteiger partial charge < -0.3 is 9.80 Å². The zero-order chi connectivity index (χ0) is 19.2. The van der Waals surface area contributed by atoms with Gasteiger partial charge in [0.05, 0.1) is 18.9 Å². The first-order chi connectivity index (χ1) is 12.7. The topological polar surface area (TPSA) is 43.6 Å². The molecule has 0 aromatic carbocycles. The van der Waals surface area contributed by atoms with Crippen LogP contribution in [0.5, 0.6) is 0 Å². The first-order valence-corrected chi connectivity index (χ1v) is 10.7. The number of hydrogen-bond acceptors (Lipinski definition) is 7. The van der Waals surface area contributed by atoms with Crippen molar-refractivity contribution in [2.24, 2.45) is 20.9 Å². The zero-order valence-electron chi connectivity index (χ0n) is 15.2. The van der Waals surface area contributed by atoms with Crippen molar-refractivity contribution in [1.82, 2.24) is 9.80 Å². The smallest absolute Gasteiger partial charge is 0.356 e. The first-order valence-electron chi connectivity index (χ1n) is 8.97. The van der Waals surface area contributed by atoms with Crippen LogP contribution in [-0.4, -0.2) is 76.2 Å². The quantitative estimate of drug-likeness (QED) is 0.656. The fraction of sp³-hybridized carbons (Fsp3) is 0.706. The monoisotopic (exact) mass is 417 g/mol. The van der Waals surface area contributed by atoms with Crippen molar-refractivity contribution >= 4 is 40.9 Å². The van der Waals surface area contributed by atoms with Crippen LogP contribution < -0.4 is 0 Å². The van der Waals surface area contributed by atoms with E-state index in [1.165, 1.54) is 18.1 Å². The number of thioether (sulfide) groups is 2. The van der Waals surface area contributed by atoms with Crippen LogP contribution in [0, 0.1) is 5.92 Å². The fourth-order valence-electron chi connectivity index (χ4n) is 3.57. The highest BCUT2D eigenvalue weighted by Gasteiger charge is 2.40. The van der Waals surface area contributed by atoms with Crippen LogP contribution in [0.1, 0.15) is 20.3 Å². The normalized spacial score (nSPS) is 30.2. The molecular weight excluding hydrogens is 395 g/mol. The summed E-state index contributed by atoms with van der Waals surface area (Å²) < 4.78 is 38.3. The van der Waals surface area contributed by atoms with E-state index in [0.29, 0.717) is 4.91 Å². The number of hydrogen-bond donors (Lipinski definition) is 0. The minimum absolute atomic E-state index is 0.157. The van der Waals surface area contributed by atoms with Crippen molar-refractivity contribution < 1.29 is 13.2 Å². The molecule has 0 amide bonds. The molecule has 0 bridgehead atoms. The number of piperazine rings is 1. The molecule has 4 aliphatic heterocycles.